The maximum absolute atomic E-state index is 10.5. The third kappa shape index (κ3) is 6.88. The van der Waals surface area contributed by atoms with E-state index in [1.807, 2.05) is 0 Å². The Kier molecular flexibility index (Phi) is 7.60. The molecular weight excluding hydrogens is 286 g/mol. The van der Waals surface area contributed by atoms with Gasteiger partial charge in [-0.3, -0.25) is 0 Å². The van der Waals surface area contributed by atoms with Crippen molar-refractivity contribution in [2.24, 2.45) is 0 Å². The van der Waals surface area contributed by atoms with Gasteiger partial charge in [-0.05, 0) is 38.5 Å². The number of nitrogens with one attached hydrogen (secondary N) is 1. The number of alkyl halides is 1. The van der Waals surface area contributed by atoms with E-state index in [4.69, 9.17) is 9.84 Å². The highest BCUT2D eigenvalue weighted by Crippen LogP contribution is 2.21. The van der Waals surface area contributed by atoms with Crippen molar-refractivity contribution in [3.05, 3.63) is 0 Å². The largest absolute Gasteiger partial charge is 0.465 e. The summed E-state index contributed by atoms with van der Waals surface area (Å²) in [5.74, 6) is 0. The second-order valence-electron chi connectivity index (χ2n) is 4.54. The van der Waals surface area contributed by atoms with Gasteiger partial charge in [0.2, 0.25) is 0 Å². The lowest BCUT2D eigenvalue weighted by Crippen LogP contribution is -2.38. The van der Waals surface area contributed by atoms with Crippen LogP contribution in [0, 0.1) is 0 Å². The molecule has 0 atom stereocenters. The molecule has 1 aliphatic rings. The van der Waals surface area contributed by atoms with Crippen LogP contribution in [0.5, 0.6) is 0 Å². The molecule has 2 N–H and O–H groups in total. The molecule has 1 rings (SSSR count). The Morgan fingerprint density at radius 3 is 2.53 bits per heavy atom. The summed E-state index contributed by atoms with van der Waals surface area (Å²) < 4.78 is 5.79. The van der Waals surface area contributed by atoms with Gasteiger partial charge in [0, 0.05) is 18.0 Å². The number of hydrogen-bond donors (Lipinski definition) is 2. The van der Waals surface area contributed by atoms with E-state index in [-0.39, 0.29) is 6.04 Å². The lowest BCUT2D eigenvalue weighted by Gasteiger charge is -2.28. The molecule has 0 spiro atoms. The van der Waals surface area contributed by atoms with Gasteiger partial charge in [0.25, 0.3) is 0 Å². The Hall–Kier alpha value is -0.290. The van der Waals surface area contributed by atoms with Crippen molar-refractivity contribution >= 4 is 22.0 Å². The summed E-state index contributed by atoms with van der Waals surface area (Å²) in [4.78, 5) is 10.5. The Morgan fingerprint density at radius 2 is 1.94 bits per heavy atom. The number of hydrogen-bond acceptors (Lipinski definition) is 2. The molecule has 1 fully saturated rings. The standard InChI is InChI=1S/C12H22BrNO3/c13-8-2-1-3-9-17-11-6-4-10(5-7-11)14-12(15)16/h10-11,14H,1-9H2,(H,15,16). The predicted octanol–water partition coefficient (Wildman–Crippen LogP) is 3.15. The van der Waals surface area contributed by atoms with Crippen molar-refractivity contribution in [2.45, 2.75) is 57.1 Å². The summed E-state index contributed by atoms with van der Waals surface area (Å²) in [7, 11) is 0. The van der Waals surface area contributed by atoms with Crippen LogP contribution in [-0.2, 0) is 4.74 Å². The number of unbranched alkanes of at least 4 members (excludes halogenated alkanes) is 2. The van der Waals surface area contributed by atoms with E-state index in [1.165, 1.54) is 12.8 Å². The first-order valence-electron chi connectivity index (χ1n) is 6.39. The minimum Gasteiger partial charge on any atom is -0.465 e. The molecule has 1 aliphatic carbocycles. The monoisotopic (exact) mass is 307 g/mol. The van der Waals surface area contributed by atoms with Crippen LogP contribution in [0.1, 0.15) is 44.9 Å². The smallest absolute Gasteiger partial charge is 0.404 e. The molecule has 17 heavy (non-hydrogen) atoms. The highest BCUT2D eigenvalue weighted by Gasteiger charge is 2.22. The average Bonchev–Trinajstić information content (AvgIpc) is 2.30. The second-order valence-corrected chi connectivity index (χ2v) is 5.34. The van der Waals surface area contributed by atoms with Gasteiger partial charge in [0.15, 0.2) is 0 Å². The van der Waals surface area contributed by atoms with Crippen LogP contribution in [0.2, 0.25) is 0 Å². The Balaban J connectivity index is 2.01. The number of rotatable bonds is 7. The van der Waals surface area contributed by atoms with E-state index in [0.717, 1.165) is 44.0 Å². The van der Waals surface area contributed by atoms with E-state index < -0.39 is 6.09 Å². The average molecular weight is 308 g/mol. The fourth-order valence-electron chi connectivity index (χ4n) is 2.17. The topological polar surface area (TPSA) is 58.6 Å². The number of ether oxygens (including phenoxy) is 1. The van der Waals surface area contributed by atoms with Gasteiger partial charge in [0.1, 0.15) is 0 Å². The molecule has 0 bridgehead atoms. The SMILES string of the molecule is O=C(O)NC1CCC(OCCCCCBr)CC1. The normalized spacial score (nSPS) is 24.5. The molecule has 1 amide bonds. The van der Waals surface area contributed by atoms with E-state index in [9.17, 15) is 4.79 Å². The molecule has 0 aliphatic heterocycles. The first kappa shape index (κ1) is 14.8. The fraction of sp³-hybridized carbons (Fsp3) is 0.917. The molecule has 5 heteroatoms. The first-order valence-corrected chi connectivity index (χ1v) is 7.51. The lowest BCUT2D eigenvalue weighted by atomic mass is 9.93. The molecule has 0 radical (unpaired) electrons. The van der Waals surface area contributed by atoms with Crippen LogP contribution in [0.25, 0.3) is 0 Å². The maximum atomic E-state index is 10.5. The van der Waals surface area contributed by atoms with Gasteiger partial charge >= 0.3 is 6.09 Å². The summed E-state index contributed by atoms with van der Waals surface area (Å²) in [5, 5.41) is 12.2. The molecule has 0 aromatic rings. The Morgan fingerprint density at radius 1 is 1.24 bits per heavy atom. The van der Waals surface area contributed by atoms with Gasteiger partial charge in [-0.25, -0.2) is 4.79 Å². The molecule has 0 aromatic heterocycles. The minimum atomic E-state index is -0.913. The fourth-order valence-corrected chi connectivity index (χ4v) is 2.57. The molecule has 0 heterocycles. The highest BCUT2D eigenvalue weighted by atomic mass is 79.9. The summed E-state index contributed by atoms with van der Waals surface area (Å²) in [6.07, 6.45) is 6.72. The van der Waals surface area contributed by atoms with Gasteiger partial charge < -0.3 is 15.2 Å². The number of carboxylic acid groups (broad SMARTS) is 1. The Labute approximate surface area is 111 Å². The zero-order chi connectivity index (χ0) is 12.5. The zero-order valence-electron chi connectivity index (χ0n) is 10.2. The lowest BCUT2D eigenvalue weighted by molar-refractivity contribution is 0.0208. The summed E-state index contributed by atoms with van der Waals surface area (Å²) in [5.41, 5.74) is 0. The summed E-state index contributed by atoms with van der Waals surface area (Å²) >= 11 is 3.41. The van der Waals surface area contributed by atoms with E-state index in [1.54, 1.807) is 0 Å². The van der Waals surface area contributed by atoms with Gasteiger partial charge in [-0.2, -0.15) is 0 Å². The van der Waals surface area contributed by atoms with Gasteiger partial charge in [0.05, 0.1) is 6.10 Å². The number of carbonyl (C=O) groups is 1. The molecule has 0 saturated heterocycles. The van der Waals surface area contributed by atoms with Crippen LogP contribution in [-0.4, -0.2) is 35.3 Å². The molecule has 0 aromatic carbocycles. The Bertz CT molecular complexity index is 218. The van der Waals surface area contributed by atoms with Crippen molar-refractivity contribution in [1.29, 1.82) is 0 Å². The highest BCUT2D eigenvalue weighted by molar-refractivity contribution is 9.09. The van der Waals surface area contributed by atoms with Crippen LogP contribution < -0.4 is 5.32 Å². The zero-order valence-corrected chi connectivity index (χ0v) is 11.7. The first-order chi connectivity index (χ1) is 8.22. The van der Waals surface area contributed by atoms with Crippen LogP contribution in [0.3, 0.4) is 0 Å². The number of halogens is 1. The van der Waals surface area contributed by atoms with Crippen molar-refractivity contribution in [3.8, 4) is 0 Å². The van der Waals surface area contributed by atoms with Gasteiger partial charge in [-0.15, -0.1) is 0 Å². The third-order valence-corrected chi connectivity index (χ3v) is 3.69. The van der Waals surface area contributed by atoms with Crippen LogP contribution >= 0.6 is 15.9 Å². The molecule has 1 saturated carbocycles. The van der Waals surface area contributed by atoms with Crippen molar-refractivity contribution in [1.82, 2.24) is 5.32 Å². The molecule has 4 nitrogen and oxygen atoms in total. The van der Waals surface area contributed by atoms with E-state index in [2.05, 4.69) is 21.2 Å². The summed E-state index contributed by atoms with van der Waals surface area (Å²) in [6, 6.07) is 0.126. The van der Waals surface area contributed by atoms with E-state index in [0.29, 0.717) is 6.10 Å². The maximum Gasteiger partial charge on any atom is 0.404 e. The second kappa shape index (κ2) is 8.75. The van der Waals surface area contributed by atoms with Crippen LogP contribution in [0.4, 0.5) is 4.79 Å². The predicted molar refractivity (Wildman–Crippen MR) is 70.8 cm³/mol. The third-order valence-electron chi connectivity index (χ3n) is 3.13. The molecule has 0 unspecified atom stereocenters. The number of amides is 1. The molecule has 100 valence electrons. The van der Waals surface area contributed by atoms with Crippen molar-refractivity contribution in [3.63, 3.8) is 0 Å². The molecular formula is C12H22BrNO3. The van der Waals surface area contributed by atoms with E-state index >= 15 is 0 Å². The van der Waals surface area contributed by atoms with Crippen LogP contribution in [0.15, 0.2) is 0 Å². The minimum absolute atomic E-state index is 0.126. The summed E-state index contributed by atoms with van der Waals surface area (Å²) in [6.45, 7) is 0.842. The van der Waals surface area contributed by atoms with Crippen molar-refractivity contribution in [2.75, 3.05) is 11.9 Å². The quantitative estimate of drug-likeness (QED) is 0.561. The van der Waals surface area contributed by atoms with Crippen molar-refractivity contribution < 1.29 is 14.6 Å². The van der Waals surface area contributed by atoms with Gasteiger partial charge in [-0.1, -0.05) is 22.4 Å².